The number of benzene rings is 1. The molecule has 0 saturated heterocycles. The van der Waals surface area contributed by atoms with Gasteiger partial charge in [0, 0.05) is 30.0 Å². The Morgan fingerprint density at radius 2 is 2.00 bits per heavy atom. The van der Waals surface area contributed by atoms with Crippen molar-refractivity contribution in [3.63, 3.8) is 0 Å². The van der Waals surface area contributed by atoms with Crippen molar-refractivity contribution < 1.29 is 4.39 Å². The second-order valence-electron chi connectivity index (χ2n) is 5.03. The Labute approximate surface area is 113 Å². The summed E-state index contributed by atoms with van der Waals surface area (Å²) in [5.41, 5.74) is 3.99. The van der Waals surface area contributed by atoms with Crippen molar-refractivity contribution in [3.05, 3.63) is 53.6 Å². The quantitative estimate of drug-likeness (QED) is 0.904. The van der Waals surface area contributed by atoms with Crippen LogP contribution in [-0.2, 0) is 6.54 Å². The molecular formula is C16H19FN2. The molecule has 0 aliphatic heterocycles. The van der Waals surface area contributed by atoms with Crippen molar-refractivity contribution in [2.45, 2.75) is 33.4 Å². The zero-order chi connectivity index (χ0) is 13.8. The van der Waals surface area contributed by atoms with Gasteiger partial charge >= 0.3 is 0 Å². The van der Waals surface area contributed by atoms with Gasteiger partial charge in [-0.1, -0.05) is 26.0 Å². The summed E-state index contributed by atoms with van der Waals surface area (Å²) in [6, 6.07) is 9.26. The minimum Gasteiger partial charge on any atom is -0.310 e. The van der Waals surface area contributed by atoms with Crippen LogP contribution in [0.5, 0.6) is 0 Å². The predicted molar refractivity (Wildman–Crippen MR) is 76.3 cm³/mol. The van der Waals surface area contributed by atoms with E-state index in [9.17, 15) is 4.39 Å². The number of hydrogen-bond acceptors (Lipinski definition) is 2. The SMILES string of the molecule is Cc1ccc(-c2ccc(F)cc2CNC(C)C)cn1. The van der Waals surface area contributed by atoms with Crippen molar-refractivity contribution in [2.75, 3.05) is 0 Å². The molecule has 0 radical (unpaired) electrons. The molecule has 1 heterocycles. The summed E-state index contributed by atoms with van der Waals surface area (Å²) in [4.78, 5) is 4.30. The van der Waals surface area contributed by atoms with Gasteiger partial charge < -0.3 is 5.32 Å². The molecule has 0 bridgehead atoms. The highest BCUT2D eigenvalue weighted by atomic mass is 19.1. The van der Waals surface area contributed by atoms with Crippen LogP contribution in [0.25, 0.3) is 11.1 Å². The normalized spacial score (nSPS) is 11.0. The number of aromatic nitrogens is 1. The molecule has 1 aromatic carbocycles. The summed E-state index contributed by atoms with van der Waals surface area (Å²) in [5, 5.41) is 3.32. The third-order valence-electron chi connectivity index (χ3n) is 2.99. The van der Waals surface area contributed by atoms with Crippen LogP contribution in [0, 0.1) is 12.7 Å². The standard InChI is InChI=1S/C16H19FN2/c1-11(2)18-10-14-8-15(17)6-7-16(14)13-5-4-12(3)19-9-13/h4-9,11,18H,10H2,1-3H3. The van der Waals surface area contributed by atoms with Crippen LogP contribution in [0.1, 0.15) is 25.1 Å². The first-order valence-electron chi connectivity index (χ1n) is 6.51. The molecule has 2 nitrogen and oxygen atoms in total. The number of hydrogen-bond donors (Lipinski definition) is 1. The Balaban J connectivity index is 2.35. The van der Waals surface area contributed by atoms with Crippen LogP contribution in [0.2, 0.25) is 0 Å². The highest BCUT2D eigenvalue weighted by Gasteiger charge is 2.07. The average molecular weight is 258 g/mol. The molecule has 100 valence electrons. The van der Waals surface area contributed by atoms with Crippen LogP contribution in [0.3, 0.4) is 0 Å². The van der Waals surface area contributed by atoms with Crippen molar-refractivity contribution in [1.82, 2.24) is 10.3 Å². The van der Waals surface area contributed by atoms with Gasteiger partial charge in [0.1, 0.15) is 5.82 Å². The minimum atomic E-state index is -0.204. The fourth-order valence-electron chi connectivity index (χ4n) is 1.93. The molecular weight excluding hydrogens is 239 g/mol. The van der Waals surface area contributed by atoms with E-state index in [0.29, 0.717) is 12.6 Å². The zero-order valence-electron chi connectivity index (χ0n) is 11.6. The molecule has 0 aliphatic rings. The number of pyridine rings is 1. The smallest absolute Gasteiger partial charge is 0.123 e. The molecule has 19 heavy (non-hydrogen) atoms. The monoisotopic (exact) mass is 258 g/mol. The van der Waals surface area contributed by atoms with E-state index in [4.69, 9.17) is 0 Å². The highest BCUT2D eigenvalue weighted by molar-refractivity contribution is 5.66. The van der Waals surface area contributed by atoms with E-state index in [1.807, 2.05) is 31.3 Å². The van der Waals surface area contributed by atoms with Crippen LogP contribution in [0.15, 0.2) is 36.5 Å². The van der Waals surface area contributed by atoms with E-state index in [2.05, 4.69) is 24.1 Å². The molecule has 0 fully saturated rings. The lowest BCUT2D eigenvalue weighted by Crippen LogP contribution is -2.22. The van der Waals surface area contributed by atoms with Gasteiger partial charge in [-0.15, -0.1) is 0 Å². The maximum atomic E-state index is 13.4. The van der Waals surface area contributed by atoms with Crippen molar-refractivity contribution >= 4 is 0 Å². The van der Waals surface area contributed by atoms with E-state index in [1.165, 1.54) is 6.07 Å². The molecule has 0 atom stereocenters. The second-order valence-corrected chi connectivity index (χ2v) is 5.03. The van der Waals surface area contributed by atoms with Crippen molar-refractivity contribution in [2.24, 2.45) is 0 Å². The van der Waals surface area contributed by atoms with Gasteiger partial charge in [-0.2, -0.15) is 0 Å². The number of nitrogens with one attached hydrogen (secondary N) is 1. The van der Waals surface area contributed by atoms with Gasteiger partial charge in [0.15, 0.2) is 0 Å². The largest absolute Gasteiger partial charge is 0.310 e. The van der Waals surface area contributed by atoms with Crippen LogP contribution >= 0.6 is 0 Å². The molecule has 0 unspecified atom stereocenters. The summed E-state index contributed by atoms with van der Waals surface area (Å²) >= 11 is 0. The lowest BCUT2D eigenvalue weighted by molar-refractivity contribution is 0.582. The lowest BCUT2D eigenvalue weighted by atomic mass is 10.0. The second kappa shape index (κ2) is 5.93. The number of rotatable bonds is 4. The van der Waals surface area contributed by atoms with Gasteiger partial charge in [0.05, 0.1) is 0 Å². The Morgan fingerprint density at radius 1 is 1.21 bits per heavy atom. The number of nitrogens with zero attached hydrogens (tertiary/aromatic N) is 1. The fourth-order valence-corrected chi connectivity index (χ4v) is 1.93. The van der Waals surface area contributed by atoms with Gasteiger partial charge in [0.25, 0.3) is 0 Å². The van der Waals surface area contributed by atoms with Gasteiger partial charge in [-0.3, -0.25) is 4.98 Å². The van der Waals surface area contributed by atoms with E-state index in [-0.39, 0.29) is 5.82 Å². The first kappa shape index (κ1) is 13.7. The number of halogens is 1. The van der Waals surface area contributed by atoms with Crippen LogP contribution < -0.4 is 5.32 Å². The molecule has 2 rings (SSSR count). The lowest BCUT2D eigenvalue weighted by Gasteiger charge is -2.13. The Hall–Kier alpha value is -1.74. The summed E-state index contributed by atoms with van der Waals surface area (Å²) in [6.45, 7) is 6.76. The van der Waals surface area contributed by atoms with Gasteiger partial charge in [-0.05, 0) is 36.2 Å². The van der Waals surface area contributed by atoms with E-state index >= 15 is 0 Å². The summed E-state index contributed by atoms with van der Waals surface area (Å²) in [6.07, 6.45) is 1.83. The van der Waals surface area contributed by atoms with Crippen LogP contribution in [-0.4, -0.2) is 11.0 Å². The summed E-state index contributed by atoms with van der Waals surface area (Å²) in [5.74, 6) is -0.204. The topological polar surface area (TPSA) is 24.9 Å². The third-order valence-corrected chi connectivity index (χ3v) is 2.99. The summed E-state index contributed by atoms with van der Waals surface area (Å²) in [7, 11) is 0. The first-order chi connectivity index (χ1) is 9.06. The average Bonchev–Trinajstić information content (AvgIpc) is 2.38. The molecule has 3 heteroatoms. The third kappa shape index (κ3) is 3.61. The molecule has 1 aromatic heterocycles. The first-order valence-corrected chi connectivity index (χ1v) is 6.51. The Kier molecular flexibility index (Phi) is 4.27. The van der Waals surface area contributed by atoms with Crippen molar-refractivity contribution in [3.8, 4) is 11.1 Å². The molecule has 0 spiro atoms. The predicted octanol–water partition coefficient (Wildman–Crippen LogP) is 3.69. The molecule has 1 N–H and O–H groups in total. The Morgan fingerprint density at radius 3 is 2.63 bits per heavy atom. The van der Waals surface area contributed by atoms with E-state index in [0.717, 1.165) is 22.4 Å². The Bertz CT molecular complexity index is 547. The molecule has 2 aromatic rings. The van der Waals surface area contributed by atoms with Crippen molar-refractivity contribution in [1.29, 1.82) is 0 Å². The molecule has 0 aliphatic carbocycles. The maximum Gasteiger partial charge on any atom is 0.123 e. The summed E-state index contributed by atoms with van der Waals surface area (Å²) < 4.78 is 13.4. The van der Waals surface area contributed by atoms with E-state index in [1.54, 1.807) is 6.07 Å². The van der Waals surface area contributed by atoms with Crippen LogP contribution in [0.4, 0.5) is 4.39 Å². The molecule has 0 amide bonds. The maximum absolute atomic E-state index is 13.4. The van der Waals surface area contributed by atoms with E-state index < -0.39 is 0 Å². The molecule has 0 saturated carbocycles. The fraction of sp³-hybridized carbons (Fsp3) is 0.312. The minimum absolute atomic E-state index is 0.204. The van der Waals surface area contributed by atoms with Gasteiger partial charge in [-0.25, -0.2) is 4.39 Å². The zero-order valence-corrected chi connectivity index (χ0v) is 11.6. The number of aryl methyl sites for hydroxylation is 1. The van der Waals surface area contributed by atoms with Gasteiger partial charge in [0.2, 0.25) is 0 Å². The highest BCUT2D eigenvalue weighted by Crippen LogP contribution is 2.24.